The highest BCUT2D eigenvalue weighted by Gasteiger charge is 2.13. The van der Waals surface area contributed by atoms with Crippen molar-refractivity contribution in [3.05, 3.63) is 48.2 Å². The molecule has 0 bridgehead atoms. The number of pyridine rings is 1. The van der Waals surface area contributed by atoms with Gasteiger partial charge in [-0.25, -0.2) is 4.98 Å². The van der Waals surface area contributed by atoms with Gasteiger partial charge in [0.25, 0.3) is 0 Å². The van der Waals surface area contributed by atoms with E-state index in [0.29, 0.717) is 5.82 Å². The quantitative estimate of drug-likeness (QED) is 0.742. The molecular weight excluding hydrogens is 228 g/mol. The fourth-order valence-corrected chi connectivity index (χ4v) is 1.94. The number of hydrogen-bond donors (Lipinski definition) is 1. The van der Waals surface area contributed by atoms with E-state index in [1.54, 1.807) is 23.9 Å². The lowest BCUT2D eigenvalue weighted by molar-refractivity contribution is 0.198. The van der Waals surface area contributed by atoms with E-state index in [1.165, 1.54) is 0 Å². The van der Waals surface area contributed by atoms with E-state index in [4.69, 9.17) is 0 Å². The zero-order valence-electron chi connectivity index (χ0n) is 9.85. The van der Waals surface area contributed by atoms with Crippen LogP contribution < -0.4 is 0 Å². The third-order valence-corrected chi connectivity index (χ3v) is 2.82. The van der Waals surface area contributed by atoms with Crippen molar-refractivity contribution in [3.63, 3.8) is 0 Å². The summed E-state index contributed by atoms with van der Waals surface area (Å²) in [5, 5.41) is 18.0. The number of nitrogens with zero attached hydrogens (tertiary/aromatic N) is 4. The number of fused-ring (bicyclic) bond motifs is 1. The zero-order valence-corrected chi connectivity index (χ0v) is 9.85. The Hall–Kier alpha value is -2.27. The number of aromatic nitrogens is 4. The van der Waals surface area contributed by atoms with Gasteiger partial charge in [-0.1, -0.05) is 23.4 Å². The fraction of sp³-hybridized carbons (Fsp3) is 0.154. The molecule has 3 aromatic rings. The number of benzene rings is 1. The molecule has 0 spiro atoms. The third kappa shape index (κ3) is 1.65. The van der Waals surface area contributed by atoms with Gasteiger partial charge in [-0.05, 0) is 25.1 Å². The Morgan fingerprint density at radius 3 is 2.83 bits per heavy atom. The summed E-state index contributed by atoms with van der Waals surface area (Å²) in [5.41, 5.74) is 2.41. The van der Waals surface area contributed by atoms with Crippen LogP contribution in [0, 0.1) is 0 Å². The Morgan fingerprint density at radius 1 is 1.17 bits per heavy atom. The Morgan fingerprint density at radius 2 is 2.00 bits per heavy atom. The predicted molar refractivity (Wildman–Crippen MR) is 67.3 cm³/mol. The molecule has 1 atom stereocenters. The summed E-state index contributed by atoms with van der Waals surface area (Å²) >= 11 is 0. The van der Waals surface area contributed by atoms with E-state index in [2.05, 4.69) is 15.3 Å². The highest BCUT2D eigenvalue weighted by Crippen LogP contribution is 2.21. The topological polar surface area (TPSA) is 63.8 Å². The largest absolute Gasteiger partial charge is 0.389 e. The maximum absolute atomic E-state index is 9.77. The maximum atomic E-state index is 9.77. The van der Waals surface area contributed by atoms with Crippen LogP contribution >= 0.6 is 0 Å². The van der Waals surface area contributed by atoms with Gasteiger partial charge >= 0.3 is 0 Å². The first kappa shape index (κ1) is 10.9. The minimum Gasteiger partial charge on any atom is -0.389 e. The molecule has 90 valence electrons. The molecule has 2 aromatic heterocycles. The van der Waals surface area contributed by atoms with Crippen molar-refractivity contribution in [2.45, 2.75) is 13.0 Å². The lowest BCUT2D eigenvalue weighted by Crippen LogP contribution is -2.06. The third-order valence-electron chi connectivity index (χ3n) is 2.82. The van der Waals surface area contributed by atoms with Crippen LogP contribution in [0.1, 0.15) is 18.6 Å². The van der Waals surface area contributed by atoms with E-state index in [9.17, 15) is 5.11 Å². The molecule has 0 saturated carbocycles. The van der Waals surface area contributed by atoms with Crippen LogP contribution in [0.2, 0.25) is 0 Å². The summed E-state index contributed by atoms with van der Waals surface area (Å²) in [5.74, 6) is 0.612. The van der Waals surface area contributed by atoms with Crippen molar-refractivity contribution in [2.75, 3.05) is 0 Å². The van der Waals surface area contributed by atoms with Gasteiger partial charge in [-0.2, -0.15) is 4.68 Å². The second-order valence-electron chi connectivity index (χ2n) is 4.08. The molecular formula is C13H12N4O. The maximum Gasteiger partial charge on any atom is 0.161 e. The van der Waals surface area contributed by atoms with Crippen LogP contribution in [0.3, 0.4) is 0 Å². The number of para-hydroxylation sites is 1. The summed E-state index contributed by atoms with van der Waals surface area (Å²) < 4.78 is 1.65. The minimum absolute atomic E-state index is 0.600. The van der Waals surface area contributed by atoms with Crippen LogP contribution in [-0.4, -0.2) is 25.1 Å². The van der Waals surface area contributed by atoms with Gasteiger partial charge < -0.3 is 5.11 Å². The van der Waals surface area contributed by atoms with Gasteiger partial charge in [-0.15, -0.1) is 5.10 Å². The molecule has 0 fully saturated rings. The molecule has 0 aliphatic heterocycles. The van der Waals surface area contributed by atoms with Gasteiger partial charge in [0, 0.05) is 11.8 Å². The van der Waals surface area contributed by atoms with Crippen LogP contribution in [0.15, 0.2) is 42.6 Å². The average Bonchev–Trinajstić information content (AvgIpc) is 2.82. The monoisotopic (exact) mass is 240 g/mol. The molecule has 2 heterocycles. The van der Waals surface area contributed by atoms with Crippen molar-refractivity contribution < 1.29 is 5.11 Å². The lowest BCUT2D eigenvalue weighted by atomic mass is 10.1. The van der Waals surface area contributed by atoms with Crippen molar-refractivity contribution in [2.24, 2.45) is 0 Å². The van der Waals surface area contributed by atoms with Gasteiger partial charge in [0.15, 0.2) is 5.82 Å². The van der Waals surface area contributed by atoms with Crippen molar-refractivity contribution in [3.8, 4) is 5.82 Å². The van der Waals surface area contributed by atoms with E-state index >= 15 is 0 Å². The molecule has 0 saturated heterocycles. The Kier molecular flexibility index (Phi) is 2.53. The zero-order chi connectivity index (χ0) is 12.5. The molecule has 0 aliphatic carbocycles. The average molecular weight is 240 g/mol. The molecule has 3 rings (SSSR count). The number of hydrogen-bond acceptors (Lipinski definition) is 4. The highest BCUT2D eigenvalue weighted by atomic mass is 16.3. The summed E-state index contributed by atoms with van der Waals surface area (Å²) in [7, 11) is 0. The van der Waals surface area contributed by atoms with Crippen LogP contribution in [-0.2, 0) is 0 Å². The van der Waals surface area contributed by atoms with Crippen LogP contribution in [0.4, 0.5) is 0 Å². The van der Waals surface area contributed by atoms with Gasteiger partial charge in [0.2, 0.25) is 0 Å². The number of aliphatic hydroxyl groups excluding tert-OH is 1. The van der Waals surface area contributed by atoms with E-state index in [0.717, 1.165) is 16.6 Å². The highest BCUT2D eigenvalue weighted by molar-refractivity contribution is 5.75. The van der Waals surface area contributed by atoms with Crippen molar-refractivity contribution in [1.82, 2.24) is 20.0 Å². The normalized spacial score (nSPS) is 12.8. The second kappa shape index (κ2) is 4.19. The van der Waals surface area contributed by atoms with Gasteiger partial charge in [-0.3, -0.25) is 0 Å². The molecule has 1 N–H and O–H groups in total. The van der Waals surface area contributed by atoms with Gasteiger partial charge in [0.05, 0.1) is 11.6 Å². The molecule has 18 heavy (non-hydrogen) atoms. The Labute approximate surface area is 104 Å². The first-order chi connectivity index (χ1) is 8.77. The molecule has 1 aromatic carbocycles. The van der Waals surface area contributed by atoms with Crippen LogP contribution in [0.5, 0.6) is 0 Å². The SMILES string of the molecule is C[C@@H](O)c1cccnc1-n1nnc2ccccc21. The minimum atomic E-state index is -0.600. The van der Waals surface area contributed by atoms with Crippen LogP contribution in [0.25, 0.3) is 16.9 Å². The standard InChI is InChI=1S/C13H12N4O/c1-9(18)10-5-4-8-14-13(10)17-12-7-3-2-6-11(12)15-16-17/h2-9,18H,1H3/t9-/m1/s1. The Bertz CT molecular complexity index is 690. The summed E-state index contributed by atoms with van der Waals surface area (Å²) in [6.07, 6.45) is 1.08. The van der Waals surface area contributed by atoms with E-state index in [1.807, 2.05) is 30.3 Å². The molecule has 0 unspecified atom stereocenters. The van der Waals surface area contributed by atoms with E-state index < -0.39 is 6.10 Å². The fourth-order valence-electron chi connectivity index (χ4n) is 1.94. The predicted octanol–water partition coefficient (Wildman–Crippen LogP) is 1.87. The molecule has 5 heteroatoms. The summed E-state index contributed by atoms with van der Waals surface area (Å²) in [4.78, 5) is 4.29. The Balaban J connectivity index is 2.27. The molecule has 5 nitrogen and oxygen atoms in total. The first-order valence-corrected chi connectivity index (χ1v) is 5.71. The second-order valence-corrected chi connectivity index (χ2v) is 4.08. The number of rotatable bonds is 2. The smallest absolute Gasteiger partial charge is 0.161 e. The molecule has 0 amide bonds. The lowest BCUT2D eigenvalue weighted by Gasteiger charge is -2.10. The summed E-state index contributed by atoms with van der Waals surface area (Å²) in [6, 6.07) is 11.3. The first-order valence-electron chi connectivity index (χ1n) is 5.71. The molecule has 0 aliphatic rings. The van der Waals surface area contributed by atoms with Gasteiger partial charge in [0.1, 0.15) is 5.52 Å². The van der Waals surface area contributed by atoms with Crippen molar-refractivity contribution in [1.29, 1.82) is 0 Å². The van der Waals surface area contributed by atoms with Crippen molar-refractivity contribution >= 4 is 11.0 Å². The number of aliphatic hydroxyl groups is 1. The summed E-state index contributed by atoms with van der Waals surface area (Å²) in [6.45, 7) is 1.71. The van der Waals surface area contributed by atoms with E-state index in [-0.39, 0.29) is 0 Å². The molecule has 0 radical (unpaired) electrons.